The molecule has 106 valence electrons. The van der Waals surface area contributed by atoms with Gasteiger partial charge in [-0.15, -0.1) is 0 Å². The highest BCUT2D eigenvalue weighted by atomic mass is 19.4. The summed E-state index contributed by atoms with van der Waals surface area (Å²) in [5.41, 5.74) is -1.47. The van der Waals surface area contributed by atoms with Gasteiger partial charge < -0.3 is 5.32 Å². The fourth-order valence-electron chi connectivity index (χ4n) is 1.44. The number of rotatable bonds is 5. The van der Waals surface area contributed by atoms with Gasteiger partial charge in [-0.25, -0.2) is 0 Å². The SMILES string of the molecule is CCC(C)CNc1ccc(C(F)(F)F)cc1[N+](=O)[O-]. The second kappa shape index (κ2) is 5.90. The summed E-state index contributed by atoms with van der Waals surface area (Å²) in [7, 11) is 0. The van der Waals surface area contributed by atoms with E-state index in [4.69, 9.17) is 0 Å². The number of benzene rings is 1. The lowest BCUT2D eigenvalue weighted by Gasteiger charge is -2.13. The third-order valence-corrected chi connectivity index (χ3v) is 2.86. The molecule has 0 saturated heterocycles. The minimum Gasteiger partial charge on any atom is -0.379 e. The van der Waals surface area contributed by atoms with Crippen LogP contribution in [-0.4, -0.2) is 11.5 Å². The fourth-order valence-corrected chi connectivity index (χ4v) is 1.44. The molecule has 0 aromatic heterocycles. The summed E-state index contributed by atoms with van der Waals surface area (Å²) in [6.45, 7) is 4.39. The Balaban J connectivity index is 3.02. The van der Waals surface area contributed by atoms with Crippen LogP contribution in [0.4, 0.5) is 24.5 Å². The Bertz CT molecular complexity index is 461. The van der Waals surface area contributed by atoms with Crippen molar-refractivity contribution in [3.63, 3.8) is 0 Å². The van der Waals surface area contributed by atoms with Crippen molar-refractivity contribution >= 4 is 11.4 Å². The molecule has 0 aliphatic carbocycles. The molecule has 0 fully saturated rings. The van der Waals surface area contributed by atoms with Crippen LogP contribution in [0, 0.1) is 16.0 Å². The highest BCUT2D eigenvalue weighted by Crippen LogP contribution is 2.34. The predicted molar refractivity (Wildman–Crippen MR) is 66.0 cm³/mol. The maximum Gasteiger partial charge on any atom is 0.416 e. The minimum absolute atomic E-state index is 0.110. The van der Waals surface area contributed by atoms with Crippen molar-refractivity contribution in [2.45, 2.75) is 26.4 Å². The third kappa shape index (κ3) is 4.11. The Hall–Kier alpha value is -1.79. The van der Waals surface area contributed by atoms with Crippen LogP contribution < -0.4 is 5.32 Å². The number of nitro benzene ring substituents is 1. The maximum absolute atomic E-state index is 12.5. The normalized spacial score (nSPS) is 13.1. The van der Waals surface area contributed by atoms with Crippen LogP contribution in [0.3, 0.4) is 0 Å². The Morgan fingerprint density at radius 1 is 1.42 bits per heavy atom. The van der Waals surface area contributed by atoms with Crippen LogP contribution in [0.1, 0.15) is 25.8 Å². The highest BCUT2D eigenvalue weighted by molar-refractivity contribution is 5.62. The summed E-state index contributed by atoms with van der Waals surface area (Å²) in [5.74, 6) is 0.280. The fraction of sp³-hybridized carbons (Fsp3) is 0.500. The lowest BCUT2D eigenvalue weighted by molar-refractivity contribution is -0.384. The van der Waals surface area contributed by atoms with Crippen molar-refractivity contribution in [3.8, 4) is 0 Å². The zero-order chi connectivity index (χ0) is 14.6. The molecular formula is C12H15F3N2O2. The van der Waals surface area contributed by atoms with E-state index >= 15 is 0 Å². The Morgan fingerprint density at radius 3 is 2.53 bits per heavy atom. The predicted octanol–water partition coefficient (Wildman–Crippen LogP) is 4.07. The van der Waals surface area contributed by atoms with E-state index in [2.05, 4.69) is 5.32 Å². The molecule has 1 aromatic carbocycles. The molecular weight excluding hydrogens is 261 g/mol. The molecule has 1 atom stereocenters. The number of halogens is 3. The van der Waals surface area contributed by atoms with Gasteiger partial charge in [-0.2, -0.15) is 13.2 Å². The summed E-state index contributed by atoms with van der Waals surface area (Å²) in [6, 6.07) is 2.49. The summed E-state index contributed by atoms with van der Waals surface area (Å²) >= 11 is 0. The quantitative estimate of drug-likeness (QED) is 0.651. The number of nitrogens with zero attached hydrogens (tertiary/aromatic N) is 1. The second-order valence-corrected chi connectivity index (χ2v) is 4.38. The van der Waals surface area contributed by atoms with E-state index in [1.54, 1.807) is 0 Å². The van der Waals surface area contributed by atoms with E-state index in [9.17, 15) is 23.3 Å². The number of nitro groups is 1. The van der Waals surface area contributed by atoms with Gasteiger partial charge in [0.15, 0.2) is 0 Å². The molecule has 0 aliphatic rings. The van der Waals surface area contributed by atoms with E-state index in [-0.39, 0.29) is 11.6 Å². The van der Waals surface area contributed by atoms with Crippen molar-refractivity contribution < 1.29 is 18.1 Å². The third-order valence-electron chi connectivity index (χ3n) is 2.86. The van der Waals surface area contributed by atoms with Gasteiger partial charge in [0.05, 0.1) is 10.5 Å². The minimum atomic E-state index is -4.58. The summed E-state index contributed by atoms with van der Waals surface area (Å²) in [5, 5.41) is 13.6. The molecule has 4 nitrogen and oxygen atoms in total. The first-order chi connectivity index (χ1) is 8.75. The van der Waals surface area contributed by atoms with Gasteiger partial charge in [-0.05, 0) is 18.1 Å². The van der Waals surface area contributed by atoms with Crippen LogP contribution in [-0.2, 0) is 6.18 Å². The van der Waals surface area contributed by atoms with E-state index in [0.717, 1.165) is 18.6 Å². The van der Waals surface area contributed by atoms with E-state index < -0.39 is 22.4 Å². The van der Waals surface area contributed by atoms with Gasteiger partial charge in [0, 0.05) is 12.6 Å². The van der Waals surface area contributed by atoms with Crippen molar-refractivity contribution in [1.29, 1.82) is 0 Å². The average molecular weight is 276 g/mol. The molecule has 1 rings (SSSR count). The number of alkyl halides is 3. The van der Waals surface area contributed by atoms with Gasteiger partial charge in [-0.3, -0.25) is 10.1 Å². The molecule has 0 aliphatic heterocycles. The average Bonchev–Trinajstić information content (AvgIpc) is 2.34. The topological polar surface area (TPSA) is 55.2 Å². The highest BCUT2D eigenvalue weighted by Gasteiger charge is 2.32. The molecule has 1 aromatic rings. The van der Waals surface area contributed by atoms with Crippen molar-refractivity contribution in [3.05, 3.63) is 33.9 Å². The van der Waals surface area contributed by atoms with Gasteiger partial charge >= 0.3 is 6.18 Å². The van der Waals surface area contributed by atoms with E-state index in [0.29, 0.717) is 12.6 Å². The van der Waals surface area contributed by atoms with Gasteiger partial charge in [0.1, 0.15) is 5.69 Å². The monoisotopic (exact) mass is 276 g/mol. The molecule has 0 saturated carbocycles. The van der Waals surface area contributed by atoms with Gasteiger partial charge in [0.25, 0.3) is 5.69 Å². The summed E-state index contributed by atoms with van der Waals surface area (Å²) < 4.78 is 37.5. The van der Waals surface area contributed by atoms with Crippen LogP contribution >= 0.6 is 0 Å². The molecule has 7 heteroatoms. The smallest absolute Gasteiger partial charge is 0.379 e. The molecule has 0 radical (unpaired) electrons. The molecule has 0 heterocycles. The molecule has 0 amide bonds. The van der Waals surface area contributed by atoms with Crippen molar-refractivity contribution in [2.75, 3.05) is 11.9 Å². The van der Waals surface area contributed by atoms with Crippen molar-refractivity contribution in [1.82, 2.24) is 0 Å². The van der Waals surface area contributed by atoms with Crippen LogP contribution in [0.2, 0.25) is 0 Å². The summed E-state index contributed by atoms with van der Waals surface area (Å²) in [4.78, 5) is 10.0. The van der Waals surface area contributed by atoms with Crippen LogP contribution in [0.25, 0.3) is 0 Å². The molecule has 1 unspecified atom stereocenters. The first-order valence-corrected chi connectivity index (χ1v) is 5.85. The van der Waals surface area contributed by atoms with Gasteiger partial charge in [-0.1, -0.05) is 20.3 Å². The van der Waals surface area contributed by atoms with Crippen LogP contribution in [0.15, 0.2) is 18.2 Å². The molecule has 0 bridgehead atoms. The molecule has 0 spiro atoms. The lowest BCUT2D eigenvalue weighted by atomic mass is 10.1. The molecule has 19 heavy (non-hydrogen) atoms. The van der Waals surface area contributed by atoms with Gasteiger partial charge in [0.2, 0.25) is 0 Å². The van der Waals surface area contributed by atoms with E-state index in [1.807, 2.05) is 13.8 Å². The zero-order valence-electron chi connectivity index (χ0n) is 10.6. The van der Waals surface area contributed by atoms with Crippen molar-refractivity contribution in [2.24, 2.45) is 5.92 Å². The maximum atomic E-state index is 12.5. The first-order valence-electron chi connectivity index (χ1n) is 5.85. The summed E-state index contributed by atoms with van der Waals surface area (Å²) in [6.07, 6.45) is -3.71. The van der Waals surface area contributed by atoms with Crippen LogP contribution in [0.5, 0.6) is 0 Å². The molecule has 1 N–H and O–H groups in total. The largest absolute Gasteiger partial charge is 0.416 e. The Morgan fingerprint density at radius 2 is 2.05 bits per heavy atom. The first kappa shape index (κ1) is 15.3. The number of anilines is 1. The standard InChI is InChI=1S/C12H15F3N2O2/c1-3-8(2)7-16-10-5-4-9(12(13,14)15)6-11(10)17(18)19/h4-6,8,16H,3,7H2,1-2H3. The zero-order valence-corrected chi connectivity index (χ0v) is 10.6. The lowest BCUT2D eigenvalue weighted by Crippen LogP contribution is -2.12. The number of hydrogen-bond donors (Lipinski definition) is 1. The number of nitrogens with one attached hydrogen (secondary N) is 1. The Kier molecular flexibility index (Phi) is 4.74. The number of hydrogen-bond acceptors (Lipinski definition) is 3. The van der Waals surface area contributed by atoms with E-state index in [1.165, 1.54) is 0 Å². The Labute approximate surface area is 108 Å². The second-order valence-electron chi connectivity index (χ2n) is 4.38.